The van der Waals surface area contributed by atoms with Gasteiger partial charge in [0.2, 0.25) is 0 Å². The molecule has 4 aromatic rings. The van der Waals surface area contributed by atoms with Gasteiger partial charge >= 0.3 is 0 Å². The quantitative estimate of drug-likeness (QED) is 0.508. The molecule has 0 atom stereocenters. The number of benzene rings is 3. The summed E-state index contributed by atoms with van der Waals surface area (Å²) < 4.78 is 0. The number of amides is 1. The van der Waals surface area contributed by atoms with Crippen molar-refractivity contribution in [2.45, 2.75) is 0 Å². The fraction of sp³-hybridized carbons (Fsp3) is 0. The lowest BCUT2D eigenvalue weighted by Gasteiger charge is -2.13. The Hall–Kier alpha value is -3.44. The topological polar surface area (TPSA) is 66.9 Å². The van der Waals surface area contributed by atoms with Crippen LogP contribution in [0.15, 0.2) is 78.9 Å². The molecule has 0 saturated carbocycles. The van der Waals surface area contributed by atoms with Gasteiger partial charge in [0.05, 0.1) is 11.0 Å². The minimum Gasteiger partial charge on any atom is -0.280 e. The van der Waals surface area contributed by atoms with E-state index in [1.54, 1.807) is 24.3 Å². The maximum Gasteiger partial charge on any atom is 0.269 e. The average molecular weight is 375 g/mol. The molecule has 6 heteroatoms. The van der Waals surface area contributed by atoms with Gasteiger partial charge in [0.1, 0.15) is 5.69 Å². The van der Waals surface area contributed by atoms with Gasteiger partial charge in [-0.25, -0.2) is 9.97 Å². The van der Waals surface area contributed by atoms with Gasteiger partial charge < -0.3 is 0 Å². The van der Waals surface area contributed by atoms with Crippen LogP contribution in [-0.4, -0.2) is 15.9 Å². The van der Waals surface area contributed by atoms with Crippen molar-refractivity contribution in [1.29, 1.82) is 0 Å². The number of hydrogen-bond donors (Lipinski definition) is 2. The zero-order valence-electron chi connectivity index (χ0n) is 14.2. The fourth-order valence-electron chi connectivity index (χ4n) is 2.70. The van der Waals surface area contributed by atoms with Crippen molar-refractivity contribution in [1.82, 2.24) is 15.4 Å². The fourth-order valence-corrected chi connectivity index (χ4v) is 2.89. The molecule has 2 N–H and O–H groups in total. The number of carbonyl (C=O) groups excluding carboxylic acids is 1. The van der Waals surface area contributed by atoms with Crippen molar-refractivity contribution >= 4 is 34.4 Å². The summed E-state index contributed by atoms with van der Waals surface area (Å²) >= 11 is 5.95. The van der Waals surface area contributed by atoms with Crippen LogP contribution in [0, 0.1) is 0 Å². The van der Waals surface area contributed by atoms with E-state index in [2.05, 4.69) is 15.8 Å². The van der Waals surface area contributed by atoms with Crippen LogP contribution in [0.1, 0.15) is 10.4 Å². The van der Waals surface area contributed by atoms with Gasteiger partial charge in [-0.2, -0.15) is 0 Å². The van der Waals surface area contributed by atoms with E-state index in [4.69, 9.17) is 16.6 Å². The number of halogens is 1. The van der Waals surface area contributed by atoms with E-state index in [0.717, 1.165) is 16.6 Å². The highest BCUT2D eigenvalue weighted by molar-refractivity contribution is 6.30. The molecule has 0 saturated heterocycles. The Morgan fingerprint density at radius 2 is 1.52 bits per heavy atom. The average Bonchev–Trinajstić information content (AvgIpc) is 2.72. The van der Waals surface area contributed by atoms with Crippen molar-refractivity contribution in [2.24, 2.45) is 0 Å². The lowest BCUT2D eigenvalue weighted by molar-refractivity contribution is 0.0962. The summed E-state index contributed by atoms with van der Waals surface area (Å²) in [6, 6.07) is 24.0. The Bertz CT molecular complexity index is 1120. The standard InChI is InChI=1S/C21H15ClN4O/c22-16-10-6-9-15(13-16)21(27)26-25-20-19(14-7-2-1-3-8-14)23-17-11-4-5-12-18(17)24-20/h1-13H,(H,24,25)(H,26,27). The molecule has 0 bridgehead atoms. The Morgan fingerprint density at radius 3 is 2.26 bits per heavy atom. The number of carbonyl (C=O) groups is 1. The monoisotopic (exact) mass is 374 g/mol. The number of nitrogens with one attached hydrogen (secondary N) is 2. The first-order chi connectivity index (χ1) is 13.2. The number of fused-ring (bicyclic) bond motifs is 1. The molecule has 0 radical (unpaired) electrons. The number of nitrogens with zero attached hydrogens (tertiary/aromatic N) is 2. The van der Waals surface area contributed by atoms with Gasteiger partial charge in [-0.1, -0.05) is 60.1 Å². The van der Waals surface area contributed by atoms with E-state index >= 15 is 0 Å². The van der Waals surface area contributed by atoms with Gasteiger partial charge in [-0.15, -0.1) is 0 Å². The first kappa shape index (κ1) is 17.0. The number of hydrazine groups is 1. The second-order valence-corrected chi connectivity index (χ2v) is 6.30. The molecule has 0 aliphatic heterocycles. The van der Waals surface area contributed by atoms with E-state index in [9.17, 15) is 4.79 Å². The maximum atomic E-state index is 12.4. The zero-order valence-corrected chi connectivity index (χ0v) is 14.9. The molecule has 27 heavy (non-hydrogen) atoms. The maximum absolute atomic E-state index is 12.4. The predicted octanol–water partition coefficient (Wildman–Crippen LogP) is 4.71. The zero-order chi connectivity index (χ0) is 18.6. The number of para-hydroxylation sites is 2. The molecule has 0 aliphatic rings. The van der Waals surface area contributed by atoms with E-state index in [-0.39, 0.29) is 5.91 Å². The molecule has 4 rings (SSSR count). The van der Waals surface area contributed by atoms with Crippen molar-refractivity contribution in [3.8, 4) is 11.3 Å². The van der Waals surface area contributed by atoms with Crippen molar-refractivity contribution in [2.75, 3.05) is 5.43 Å². The Balaban J connectivity index is 1.68. The predicted molar refractivity (Wildman–Crippen MR) is 108 cm³/mol. The normalized spacial score (nSPS) is 10.6. The highest BCUT2D eigenvalue weighted by atomic mass is 35.5. The van der Waals surface area contributed by atoms with Crippen LogP contribution in [0.25, 0.3) is 22.3 Å². The van der Waals surface area contributed by atoms with Crippen LogP contribution in [0.3, 0.4) is 0 Å². The third-order valence-corrected chi connectivity index (χ3v) is 4.23. The van der Waals surface area contributed by atoms with Crippen LogP contribution in [0.5, 0.6) is 0 Å². The van der Waals surface area contributed by atoms with Gasteiger partial charge in [0, 0.05) is 16.1 Å². The summed E-state index contributed by atoms with van der Waals surface area (Å²) in [5.74, 6) is 0.154. The molecular weight excluding hydrogens is 360 g/mol. The van der Waals surface area contributed by atoms with Gasteiger partial charge in [0.15, 0.2) is 5.82 Å². The van der Waals surface area contributed by atoms with E-state index in [1.807, 2.05) is 54.6 Å². The van der Waals surface area contributed by atoms with Crippen LogP contribution < -0.4 is 10.9 Å². The second-order valence-electron chi connectivity index (χ2n) is 5.87. The van der Waals surface area contributed by atoms with Crippen molar-refractivity contribution in [3.63, 3.8) is 0 Å². The lowest BCUT2D eigenvalue weighted by atomic mass is 10.1. The van der Waals surface area contributed by atoms with Crippen molar-refractivity contribution < 1.29 is 4.79 Å². The lowest BCUT2D eigenvalue weighted by Crippen LogP contribution is -2.30. The molecule has 5 nitrogen and oxygen atoms in total. The van der Waals surface area contributed by atoms with Gasteiger partial charge in [-0.3, -0.25) is 15.6 Å². The first-order valence-electron chi connectivity index (χ1n) is 8.35. The molecule has 1 amide bonds. The summed E-state index contributed by atoms with van der Waals surface area (Å²) in [7, 11) is 0. The first-order valence-corrected chi connectivity index (χ1v) is 8.72. The Morgan fingerprint density at radius 1 is 0.815 bits per heavy atom. The Labute approximate surface area is 161 Å². The summed E-state index contributed by atoms with van der Waals surface area (Å²) in [4.78, 5) is 21.7. The molecule has 3 aromatic carbocycles. The SMILES string of the molecule is O=C(NNc1nc2ccccc2nc1-c1ccccc1)c1cccc(Cl)c1. The molecule has 0 aliphatic carbocycles. The van der Waals surface area contributed by atoms with Crippen LogP contribution in [0.2, 0.25) is 5.02 Å². The molecule has 1 heterocycles. The van der Waals surface area contributed by atoms with Crippen LogP contribution in [-0.2, 0) is 0 Å². The number of rotatable bonds is 4. The smallest absolute Gasteiger partial charge is 0.269 e. The van der Waals surface area contributed by atoms with Crippen molar-refractivity contribution in [3.05, 3.63) is 89.4 Å². The van der Waals surface area contributed by atoms with Crippen LogP contribution >= 0.6 is 11.6 Å². The third kappa shape index (κ3) is 3.73. The summed E-state index contributed by atoms with van der Waals surface area (Å²) in [6.45, 7) is 0. The highest BCUT2D eigenvalue weighted by Gasteiger charge is 2.12. The Kier molecular flexibility index (Phi) is 4.68. The molecule has 0 unspecified atom stereocenters. The summed E-state index contributed by atoms with van der Waals surface area (Å²) in [5, 5.41) is 0.498. The largest absolute Gasteiger partial charge is 0.280 e. The molecule has 0 fully saturated rings. The number of anilines is 1. The molecule has 132 valence electrons. The molecule has 0 spiro atoms. The summed E-state index contributed by atoms with van der Waals surface area (Å²) in [6.07, 6.45) is 0. The van der Waals surface area contributed by atoms with E-state index in [1.165, 1.54) is 0 Å². The molecular formula is C21H15ClN4O. The molecule has 1 aromatic heterocycles. The number of hydrogen-bond acceptors (Lipinski definition) is 4. The van der Waals surface area contributed by atoms with E-state index in [0.29, 0.717) is 22.1 Å². The third-order valence-electron chi connectivity index (χ3n) is 4.00. The van der Waals surface area contributed by atoms with E-state index < -0.39 is 0 Å². The number of aromatic nitrogens is 2. The highest BCUT2D eigenvalue weighted by Crippen LogP contribution is 2.26. The van der Waals surface area contributed by atoms with Gasteiger partial charge in [-0.05, 0) is 30.3 Å². The second kappa shape index (κ2) is 7.43. The summed E-state index contributed by atoms with van der Waals surface area (Å²) in [5.41, 5.74) is 9.09. The minimum atomic E-state index is -0.313. The van der Waals surface area contributed by atoms with Gasteiger partial charge in [0.25, 0.3) is 5.91 Å². The minimum absolute atomic E-state index is 0.313. The van der Waals surface area contributed by atoms with Crippen LogP contribution in [0.4, 0.5) is 5.82 Å².